The van der Waals surface area contributed by atoms with Crippen molar-refractivity contribution in [1.82, 2.24) is 4.90 Å². The number of benzene rings is 1. The first-order valence-electron chi connectivity index (χ1n) is 12.5. The Bertz CT molecular complexity index is 726. The number of aryl methyl sites for hydroxylation is 1. The monoisotopic (exact) mass is 405 g/mol. The van der Waals surface area contributed by atoms with Gasteiger partial charge in [-0.05, 0) is 67.4 Å². The van der Waals surface area contributed by atoms with Crippen LogP contribution in [0.4, 0.5) is 0 Å². The van der Waals surface area contributed by atoms with Crippen LogP contribution in [0.2, 0.25) is 0 Å². The largest absolute Gasteiger partial charge is 0.371 e. The third-order valence-corrected chi connectivity index (χ3v) is 7.68. The summed E-state index contributed by atoms with van der Waals surface area (Å²) >= 11 is 0. The van der Waals surface area contributed by atoms with Crippen molar-refractivity contribution in [3.8, 4) is 0 Å². The SMILES string of the molecule is C=C(/C(=C/C=C(\CC)CCc1ccccc1)C(C)CC)N1CCC2CCCCC2C1. The van der Waals surface area contributed by atoms with Crippen LogP contribution in [-0.4, -0.2) is 18.0 Å². The van der Waals surface area contributed by atoms with Gasteiger partial charge < -0.3 is 4.90 Å². The molecule has 0 amide bonds. The Morgan fingerprint density at radius 3 is 2.50 bits per heavy atom. The maximum atomic E-state index is 4.61. The Morgan fingerprint density at radius 2 is 1.80 bits per heavy atom. The van der Waals surface area contributed by atoms with Crippen LogP contribution in [0.15, 0.2) is 65.9 Å². The normalized spacial score (nSPS) is 23.8. The Labute approximate surface area is 186 Å². The molecule has 1 aromatic rings. The van der Waals surface area contributed by atoms with E-state index in [4.69, 9.17) is 0 Å². The van der Waals surface area contributed by atoms with Gasteiger partial charge in [-0.25, -0.2) is 0 Å². The van der Waals surface area contributed by atoms with Gasteiger partial charge in [0.15, 0.2) is 0 Å². The van der Waals surface area contributed by atoms with Crippen molar-refractivity contribution in [3.05, 3.63) is 71.5 Å². The summed E-state index contributed by atoms with van der Waals surface area (Å²) in [5, 5.41) is 0. The van der Waals surface area contributed by atoms with Crippen molar-refractivity contribution in [3.63, 3.8) is 0 Å². The number of rotatable bonds is 9. The van der Waals surface area contributed by atoms with Gasteiger partial charge in [0.05, 0.1) is 0 Å². The molecule has 1 aromatic carbocycles. The van der Waals surface area contributed by atoms with Crippen LogP contribution < -0.4 is 0 Å². The number of likely N-dealkylation sites (tertiary alicyclic amines) is 1. The molecule has 3 atom stereocenters. The van der Waals surface area contributed by atoms with Gasteiger partial charge in [-0.1, -0.05) is 94.7 Å². The van der Waals surface area contributed by atoms with E-state index in [1.54, 1.807) is 5.57 Å². The smallest absolute Gasteiger partial charge is 0.0328 e. The van der Waals surface area contributed by atoms with Crippen LogP contribution in [-0.2, 0) is 6.42 Å². The summed E-state index contributed by atoms with van der Waals surface area (Å²) < 4.78 is 0. The average molecular weight is 406 g/mol. The lowest BCUT2D eigenvalue weighted by Crippen LogP contribution is -2.41. The van der Waals surface area contributed by atoms with E-state index in [0.29, 0.717) is 5.92 Å². The molecule has 1 saturated carbocycles. The molecule has 1 saturated heterocycles. The van der Waals surface area contributed by atoms with Gasteiger partial charge in [0, 0.05) is 18.8 Å². The highest BCUT2D eigenvalue weighted by molar-refractivity contribution is 5.34. The predicted octanol–water partition coefficient (Wildman–Crippen LogP) is 7.95. The molecule has 3 unspecified atom stereocenters. The molecule has 0 N–H and O–H groups in total. The molecule has 3 rings (SSSR count). The summed E-state index contributed by atoms with van der Waals surface area (Å²) in [7, 11) is 0. The number of hydrogen-bond acceptors (Lipinski definition) is 1. The van der Waals surface area contributed by atoms with E-state index in [-0.39, 0.29) is 0 Å². The first kappa shape index (κ1) is 22.9. The fourth-order valence-electron chi connectivity index (χ4n) is 5.33. The van der Waals surface area contributed by atoms with Crippen molar-refractivity contribution < 1.29 is 0 Å². The molecule has 164 valence electrons. The molecular formula is C29H43N. The van der Waals surface area contributed by atoms with E-state index in [9.17, 15) is 0 Å². The van der Waals surface area contributed by atoms with Gasteiger partial charge in [0.1, 0.15) is 0 Å². The Kier molecular flexibility index (Phi) is 8.85. The Balaban J connectivity index is 1.69. The van der Waals surface area contributed by atoms with Crippen molar-refractivity contribution in [2.45, 2.75) is 78.6 Å². The molecule has 1 nitrogen and oxygen atoms in total. The minimum atomic E-state index is 0.560. The highest BCUT2D eigenvalue weighted by Crippen LogP contribution is 2.38. The lowest BCUT2D eigenvalue weighted by molar-refractivity contribution is 0.110. The van der Waals surface area contributed by atoms with Gasteiger partial charge in [0.25, 0.3) is 0 Å². The molecule has 0 bridgehead atoms. The van der Waals surface area contributed by atoms with Gasteiger partial charge in [-0.2, -0.15) is 0 Å². The standard InChI is InChI=1S/C29H43N/c1-5-23(3)29(19-18-25(6-2)16-17-26-12-8-7-9-13-26)24(4)30-21-20-27-14-10-11-15-28(27)22-30/h7-9,12-13,18-19,23,27-28H,4-6,10-11,14-17,20-22H2,1-3H3/b25-18+,29-19+. The average Bonchev–Trinajstić information content (AvgIpc) is 2.81. The first-order chi connectivity index (χ1) is 14.6. The van der Waals surface area contributed by atoms with Crippen molar-refractivity contribution >= 4 is 0 Å². The van der Waals surface area contributed by atoms with Crippen LogP contribution in [0.1, 0.15) is 77.7 Å². The minimum Gasteiger partial charge on any atom is -0.371 e. The van der Waals surface area contributed by atoms with E-state index in [1.807, 2.05) is 0 Å². The molecular weight excluding hydrogens is 362 g/mol. The zero-order chi connectivity index (χ0) is 21.3. The van der Waals surface area contributed by atoms with E-state index in [0.717, 1.165) is 31.1 Å². The molecule has 1 aliphatic heterocycles. The van der Waals surface area contributed by atoms with Crippen LogP contribution >= 0.6 is 0 Å². The number of piperidine rings is 1. The molecule has 1 heteroatoms. The predicted molar refractivity (Wildman–Crippen MR) is 131 cm³/mol. The maximum Gasteiger partial charge on any atom is 0.0328 e. The van der Waals surface area contributed by atoms with Crippen molar-refractivity contribution in [2.24, 2.45) is 17.8 Å². The Morgan fingerprint density at radius 1 is 1.07 bits per heavy atom. The molecule has 30 heavy (non-hydrogen) atoms. The zero-order valence-corrected chi connectivity index (χ0v) is 19.7. The summed E-state index contributed by atoms with van der Waals surface area (Å²) in [6, 6.07) is 10.9. The quantitative estimate of drug-likeness (QED) is 0.377. The summed E-state index contributed by atoms with van der Waals surface area (Å²) in [5.74, 6) is 2.43. The number of hydrogen-bond donors (Lipinski definition) is 0. The fraction of sp³-hybridized carbons (Fsp3) is 0.586. The van der Waals surface area contributed by atoms with Gasteiger partial charge in [-0.15, -0.1) is 0 Å². The first-order valence-corrected chi connectivity index (χ1v) is 12.5. The number of allylic oxidation sites excluding steroid dienone is 4. The van der Waals surface area contributed by atoms with Gasteiger partial charge in [-0.3, -0.25) is 0 Å². The van der Waals surface area contributed by atoms with Crippen LogP contribution in [0.5, 0.6) is 0 Å². The minimum absolute atomic E-state index is 0.560. The number of fused-ring (bicyclic) bond motifs is 1. The molecule has 2 fully saturated rings. The molecule has 0 aromatic heterocycles. The second-order valence-corrected chi connectivity index (χ2v) is 9.58. The van der Waals surface area contributed by atoms with E-state index < -0.39 is 0 Å². The second kappa shape index (κ2) is 11.6. The fourth-order valence-corrected chi connectivity index (χ4v) is 5.33. The molecule has 1 heterocycles. The van der Waals surface area contributed by atoms with E-state index in [1.165, 1.54) is 68.4 Å². The van der Waals surface area contributed by atoms with Gasteiger partial charge >= 0.3 is 0 Å². The van der Waals surface area contributed by atoms with Crippen LogP contribution in [0.3, 0.4) is 0 Å². The van der Waals surface area contributed by atoms with E-state index in [2.05, 4.69) is 74.7 Å². The summed E-state index contributed by atoms with van der Waals surface area (Å²) in [5.41, 5.74) is 5.72. The molecule has 0 radical (unpaired) electrons. The van der Waals surface area contributed by atoms with Crippen LogP contribution in [0, 0.1) is 17.8 Å². The molecule has 2 aliphatic rings. The van der Waals surface area contributed by atoms with Gasteiger partial charge in [0.2, 0.25) is 0 Å². The summed E-state index contributed by atoms with van der Waals surface area (Å²) in [6.45, 7) is 14.0. The summed E-state index contributed by atoms with van der Waals surface area (Å²) in [4.78, 5) is 2.62. The highest BCUT2D eigenvalue weighted by Gasteiger charge is 2.32. The molecule has 0 spiro atoms. The maximum absolute atomic E-state index is 4.61. The lowest BCUT2D eigenvalue weighted by Gasteiger charge is -2.43. The van der Waals surface area contributed by atoms with Crippen LogP contribution in [0.25, 0.3) is 0 Å². The number of nitrogens with zero attached hydrogens (tertiary/aromatic N) is 1. The zero-order valence-electron chi connectivity index (χ0n) is 19.7. The highest BCUT2D eigenvalue weighted by atomic mass is 15.1. The topological polar surface area (TPSA) is 3.24 Å². The summed E-state index contributed by atoms with van der Waals surface area (Å²) in [6.07, 6.45) is 16.5. The van der Waals surface area contributed by atoms with Crippen molar-refractivity contribution in [1.29, 1.82) is 0 Å². The van der Waals surface area contributed by atoms with E-state index >= 15 is 0 Å². The third-order valence-electron chi connectivity index (χ3n) is 7.68. The molecule has 1 aliphatic carbocycles. The lowest BCUT2D eigenvalue weighted by atomic mass is 9.75. The third kappa shape index (κ3) is 6.13. The van der Waals surface area contributed by atoms with Crippen molar-refractivity contribution in [2.75, 3.05) is 13.1 Å². The second-order valence-electron chi connectivity index (χ2n) is 9.58. The Hall–Kier alpha value is -1.76.